The number of ether oxygens (including phenoxy) is 4. The highest BCUT2D eigenvalue weighted by Crippen LogP contribution is 2.43. The molecule has 4 heterocycles. The van der Waals surface area contributed by atoms with Gasteiger partial charge in [-0.3, -0.25) is 38.6 Å². The quantitative estimate of drug-likeness (QED) is 0.302. The lowest BCUT2D eigenvalue weighted by atomic mass is 9.87. The Morgan fingerprint density at radius 3 is 1.15 bits per heavy atom. The van der Waals surface area contributed by atoms with Gasteiger partial charge in [-0.05, 0) is 23.3 Å². The van der Waals surface area contributed by atoms with E-state index in [1.165, 1.54) is 40.6 Å². The standard InChI is InChI=1S/2C18H19NO5/c2*1-23-17(21)14-12-8-9-13(20)16(15(14)18(22)24-2)19(12)10-11-6-4-3-5-7-11/h2*3-9,12,14-16H,10H2,1-2H3/t2*12-,14+,15-,16-/m00/s1. The summed E-state index contributed by atoms with van der Waals surface area (Å²) < 4.78 is 19.5. The fraction of sp³-hybridized carbons (Fsp3) is 0.389. The van der Waals surface area contributed by atoms with Gasteiger partial charge >= 0.3 is 23.9 Å². The molecule has 8 atom stereocenters. The van der Waals surface area contributed by atoms with E-state index in [4.69, 9.17) is 18.9 Å². The first-order valence-electron chi connectivity index (χ1n) is 15.5. The van der Waals surface area contributed by atoms with Crippen LogP contribution in [0.25, 0.3) is 0 Å². The van der Waals surface area contributed by atoms with Crippen molar-refractivity contribution in [1.82, 2.24) is 9.80 Å². The van der Waals surface area contributed by atoms with Crippen molar-refractivity contribution in [3.63, 3.8) is 0 Å². The molecule has 2 saturated heterocycles. The van der Waals surface area contributed by atoms with Crippen molar-refractivity contribution >= 4 is 35.4 Å². The first kappa shape index (κ1) is 34.4. The topological polar surface area (TPSA) is 146 Å². The normalized spacial score (nSPS) is 28.7. The second-order valence-corrected chi connectivity index (χ2v) is 11.9. The summed E-state index contributed by atoms with van der Waals surface area (Å²) >= 11 is 0. The molecule has 0 N–H and O–H groups in total. The van der Waals surface area contributed by atoms with Crippen LogP contribution in [0.15, 0.2) is 85.0 Å². The average molecular weight is 659 g/mol. The Morgan fingerprint density at radius 2 is 0.833 bits per heavy atom. The average Bonchev–Trinajstić information content (AvgIpc) is 3.48. The predicted octanol–water partition coefficient (Wildman–Crippen LogP) is 1.91. The predicted molar refractivity (Wildman–Crippen MR) is 169 cm³/mol. The number of benzene rings is 2. The van der Waals surface area contributed by atoms with E-state index < -0.39 is 59.6 Å². The van der Waals surface area contributed by atoms with Crippen LogP contribution in [0.1, 0.15) is 11.1 Å². The molecule has 0 aromatic heterocycles. The third kappa shape index (κ3) is 6.45. The number of fused-ring (bicyclic) bond motifs is 4. The Balaban J connectivity index is 0.000000188. The van der Waals surface area contributed by atoms with Crippen LogP contribution in [0.3, 0.4) is 0 Å². The molecule has 2 aromatic rings. The molecule has 2 aromatic carbocycles. The molecule has 48 heavy (non-hydrogen) atoms. The zero-order valence-electron chi connectivity index (χ0n) is 27.1. The largest absolute Gasteiger partial charge is 0.469 e. The summed E-state index contributed by atoms with van der Waals surface area (Å²) in [4.78, 5) is 77.9. The molecule has 0 unspecified atom stereocenters. The molecular weight excluding hydrogens is 620 g/mol. The van der Waals surface area contributed by atoms with Gasteiger partial charge in [-0.25, -0.2) is 0 Å². The molecule has 0 spiro atoms. The minimum absolute atomic E-state index is 0.191. The summed E-state index contributed by atoms with van der Waals surface area (Å²) in [5.74, 6) is -5.74. The Kier molecular flexibility index (Phi) is 10.7. The van der Waals surface area contributed by atoms with Crippen molar-refractivity contribution in [1.29, 1.82) is 0 Å². The summed E-state index contributed by atoms with van der Waals surface area (Å²) in [5.41, 5.74) is 2.01. The van der Waals surface area contributed by atoms with Crippen molar-refractivity contribution in [2.24, 2.45) is 23.7 Å². The van der Waals surface area contributed by atoms with Crippen LogP contribution in [0.5, 0.6) is 0 Å². The Hall–Kier alpha value is -4.94. The number of esters is 4. The van der Waals surface area contributed by atoms with E-state index in [9.17, 15) is 28.8 Å². The van der Waals surface area contributed by atoms with Gasteiger partial charge in [-0.1, -0.05) is 72.8 Å². The molecule has 4 bridgehead atoms. The van der Waals surface area contributed by atoms with Crippen molar-refractivity contribution in [2.45, 2.75) is 37.3 Å². The Bertz CT molecular complexity index is 1490. The number of rotatable bonds is 8. The van der Waals surface area contributed by atoms with Gasteiger partial charge in [0.05, 0.1) is 64.2 Å². The summed E-state index contributed by atoms with van der Waals surface area (Å²) in [6.07, 6.45) is 6.28. The van der Waals surface area contributed by atoms with Crippen molar-refractivity contribution in [3.8, 4) is 0 Å². The molecule has 6 rings (SSSR count). The fourth-order valence-corrected chi connectivity index (χ4v) is 7.40. The molecule has 12 nitrogen and oxygen atoms in total. The lowest BCUT2D eigenvalue weighted by Gasteiger charge is -2.31. The zero-order valence-corrected chi connectivity index (χ0v) is 27.1. The van der Waals surface area contributed by atoms with Crippen LogP contribution in [0.4, 0.5) is 0 Å². The molecule has 4 aliphatic heterocycles. The third-order valence-electron chi connectivity index (χ3n) is 9.48. The van der Waals surface area contributed by atoms with Crippen LogP contribution < -0.4 is 0 Å². The molecule has 0 amide bonds. The first-order valence-corrected chi connectivity index (χ1v) is 15.5. The van der Waals surface area contributed by atoms with Gasteiger partial charge in [-0.15, -0.1) is 0 Å². The number of hydrogen-bond donors (Lipinski definition) is 0. The molecule has 12 heteroatoms. The van der Waals surface area contributed by atoms with Gasteiger partial charge in [-0.2, -0.15) is 0 Å². The summed E-state index contributed by atoms with van der Waals surface area (Å²) in [7, 11) is 5.09. The van der Waals surface area contributed by atoms with Crippen LogP contribution in [-0.2, 0) is 60.8 Å². The molecule has 0 aliphatic carbocycles. The second kappa shape index (κ2) is 14.9. The Morgan fingerprint density at radius 1 is 0.521 bits per heavy atom. The molecule has 4 aliphatic rings. The Labute approximate surface area is 278 Å². The maximum absolute atomic E-state index is 12.5. The first-order chi connectivity index (χ1) is 23.2. The number of nitrogens with zero attached hydrogens (tertiary/aromatic N) is 2. The highest BCUT2D eigenvalue weighted by molar-refractivity contribution is 6.02. The van der Waals surface area contributed by atoms with E-state index in [0.717, 1.165) is 11.1 Å². The van der Waals surface area contributed by atoms with E-state index >= 15 is 0 Å². The highest BCUT2D eigenvalue weighted by Gasteiger charge is 2.60. The van der Waals surface area contributed by atoms with Crippen LogP contribution in [0.2, 0.25) is 0 Å². The maximum atomic E-state index is 12.5. The van der Waals surface area contributed by atoms with Crippen molar-refractivity contribution < 1.29 is 47.7 Å². The van der Waals surface area contributed by atoms with Gasteiger partial charge in [0.15, 0.2) is 11.6 Å². The third-order valence-corrected chi connectivity index (χ3v) is 9.48. The van der Waals surface area contributed by atoms with Crippen molar-refractivity contribution in [2.75, 3.05) is 28.4 Å². The maximum Gasteiger partial charge on any atom is 0.311 e. The minimum atomic E-state index is -0.862. The van der Waals surface area contributed by atoms with Gasteiger partial charge in [0.25, 0.3) is 0 Å². The lowest BCUT2D eigenvalue weighted by molar-refractivity contribution is -0.157. The number of methoxy groups -OCH3 is 4. The summed E-state index contributed by atoms with van der Waals surface area (Å²) in [6.45, 7) is 0.931. The van der Waals surface area contributed by atoms with E-state index in [-0.39, 0.29) is 23.7 Å². The number of carbonyl (C=O) groups excluding carboxylic acids is 6. The molecular formula is C36H38N2O10. The van der Waals surface area contributed by atoms with Crippen LogP contribution >= 0.6 is 0 Å². The summed E-state index contributed by atoms with van der Waals surface area (Å²) in [6, 6.07) is 17.1. The van der Waals surface area contributed by atoms with E-state index in [1.807, 2.05) is 70.5 Å². The fourth-order valence-electron chi connectivity index (χ4n) is 7.40. The van der Waals surface area contributed by atoms with Gasteiger partial charge in [0.2, 0.25) is 0 Å². The molecule has 0 radical (unpaired) electrons. The van der Waals surface area contributed by atoms with Gasteiger partial charge < -0.3 is 18.9 Å². The van der Waals surface area contributed by atoms with Gasteiger partial charge in [0, 0.05) is 25.2 Å². The van der Waals surface area contributed by atoms with E-state index in [0.29, 0.717) is 13.1 Å². The lowest BCUT2D eigenvalue weighted by Crippen LogP contribution is -2.45. The number of ketones is 2. The number of hydrogen-bond acceptors (Lipinski definition) is 12. The SMILES string of the molecule is COC(=O)[C@H]1[C@H](C(=O)OC)[C@@H]2C(=O)C=C[C@@H]1N2Cc1ccccc1.COC(=O)[C@H]1[C@H](C(=O)OC)[C@@H]2C(=O)C=C[C@@H]1N2Cc1ccccc1. The smallest absolute Gasteiger partial charge is 0.311 e. The highest BCUT2D eigenvalue weighted by atomic mass is 16.5. The van der Waals surface area contributed by atoms with E-state index in [1.54, 1.807) is 12.2 Å². The molecule has 2 fully saturated rings. The number of carbonyl (C=O) groups is 6. The van der Waals surface area contributed by atoms with Gasteiger partial charge in [0.1, 0.15) is 0 Å². The minimum Gasteiger partial charge on any atom is -0.469 e. The summed E-state index contributed by atoms with van der Waals surface area (Å²) in [5, 5.41) is 0. The van der Waals surface area contributed by atoms with E-state index in [2.05, 4.69) is 0 Å². The monoisotopic (exact) mass is 658 g/mol. The zero-order chi connectivity index (χ0) is 34.5. The van der Waals surface area contributed by atoms with Crippen LogP contribution in [0, 0.1) is 23.7 Å². The molecule has 252 valence electrons. The second-order valence-electron chi connectivity index (χ2n) is 11.9. The van der Waals surface area contributed by atoms with Crippen LogP contribution in [-0.4, -0.2) is 97.9 Å². The van der Waals surface area contributed by atoms with Crippen molar-refractivity contribution in [3.05, 3.63) is 96.1 Å². The molecule has 0 saturated carbocycles.